The normalized spacial score (nSPS) is 25.0. The van der Waals surface area contributed by atoms with Gasteiger partial charge in [0.15, 0.2) is 0 Å². The predicted octanol–water partition coefficient (Wildman–Crippen LogP) is 3.89. The minimum Gasteiger partial charge on any atom is -0.394 e. The lowest BCUT2D eigenvalue weighted by Gasteiger charge is -2.42. The summed E-state index contributed by atoms with van der Waals surface area (Å²) in [7, 11) is -1.88. The monoisotopic (exact) mass is 488 g/mol. The van der Waals surface area contributed by atoms with Crippen LogP contribution >= 0.6 is 0 Å². The molecule has 4 aliphatic rings. The van der Waals surface area contributed by atoms with Crippen LogP contribution in [0.1, 0.15) is 66.8 Å². The van der Waals surface area contributed by atoms with E-state index in [-0.39, 0.29) is 23.3 Å². The first kappa shape index (κ1) is 22.3. The van der Waals surface area contributed by atoms with Gasteiger partial charge in [-0.25, -0.2) is 4.98 Å². The van der Waals surface area contributed by atoms with Gasteiger partial charge < -0.3 is 15.3 Å². The highest BCUT2D eigenvalue weighted by molar-refractivity contribution is 7.85. The molecule has 2 aromatic rings. The minimum atomic E-state index is -3.25. The summed E-state index contributed by atoms with van der Waals surface area (Å²) in [4.78, 5) is 10.8. The lowest BCUT2D eigenvalue weighted by atomic mass is 9.77. The Labute approximate surface area is 200 Å². The third kappa shape index (κ3) is 3.71. The van der Waals surface area contributed by atoms with Crippen molar-refractivity contribution in [3.63, 3.8) is 0 Å². The second kappa shape index (κ2) is 8.22. The van der Waals surface area contributed by atoms with Crippen molar-refractivity contribution in [2.24, 2.45) is 0 Å². The Bertz CT molecular complexity index is 1140. The Morgan fingerprint density at radius 1 is 1.12 bits per heavy atom. The van der Waals surface area contributed by atoms with Crippen LogP contribution in [0.5, 0.6) is 0 Å². The topological polar surface area (TPSA) is 78.4 Å². The predicted molar refractivity (Wildman–Crippen MR) is 127 cm³/mol. The Kier molecular flexibility index (Phi) is 5.40. The molecule has 0 bridgehead atoms. The van der Waals surface area contributed by atoms with Crippen molar-refractivity contribution in [2.75, 3.05) is 35.7 Å². The largest absolute Gasteiger partial charge is 0.394 e. The summed E-state index contributed by atoms with van der Waals surface area (Å²) >= 11 is 0. The lowest BCUT2D eigenvalue weighted by Crippen LogP contribution is -2.49. The van der Waals surface area contributed by atoms with Crippen LogP contribution in [0, 0.1) is 0 Å². The summed E-state index contributed by atoms with van der Waals surface area (Å²) in [6.45, 7) is 1.25. The first-order valence-electron chi connectivity index (χ1n) is 12.3. The van der Waals surface area contributed by atoms with Crippen molar-refractivity contribution in [1.29, 1.82) is 0 Å². The number of piperidine rings is 1. The molecule has 34 heavy (non-hydrogen) atoms. The zero-order valence-corrected chi connectivity index (χ0v) is 20.0. The first-order chi connectivity index (χ1) is 16.4. The number of rotatable bonds is 5. The van der Waals surface area contributed by atoms with Crippen LogP contribution in [-0.4, -0.2) is 50.3 Å². The standard InChI is InChI=1S/C25H30F2N4O2S/c26-25(27)15-34(33)20-21(25)28-23(29-22(20)30-24(14-32)9-2-10-24)31-11-7-17(8-12-31)19-6-5-16-3-1-4-18(16)13-19/h5-6,13,17,32H,1-4,7-12,14-15H2,(H,28,29,30)/t34-/m0/s1. The number of aromatic nitrogens is 2. The molecule has 1 atom stereocenters. The number of benzene rings is 1. The van der Waals surface area contributed by atoms with E-state index in [1.807, 2.05) is 4.90 Å². The van der Waals surface area contributed by atoms with Gasteiger partial charge in [0.2, 0.25) is 5.95 Å². The number of fused-ring (bicyclic) bond motifs is 2. The number of nitrogens with zero attached hydrogens (tertiary/aromatic N) is 3. The molecule has 1 saturated carbocycles. The number of aryl methyl sites for hydroxylation is 2. The molecule has 9 heteroatoms. The third-order valence-electron chi connectivity index (χ3n) is 8.11. The quantitative estimate of drug-likeness (QED) is 0.665. The van der Waals surface area contributed by atoms with Crippen LogP contribution < -0.4 is 10.2 Å². The average Bonchev–Trinajstić information content (AvgIpc) is 3.37. The van der Waals surface area contributed by atoms with Crippen molar-refractivity contribution in [3.05, 3.63) is 40.6 Å². The Morgan fingerprint density at radius 2 is 1.88 bits per heavy atom. The number of aliphatic hydroxyl groups is 1. The number of anilines is 2. The van der Waals surface area contributed by atoms with E-state index < -0.39 is 33.7 Å². The van der Waals surface area contributed by atoms with Gasteiger partial charge in [-0.05, 0) is 74.0 Å². The van der Waals surface area contributed by atoms with Crippen LogP contribution in [0.2, 0.25) is 0 Å². The Hall–Kier alpha value is -2.13. The molecule has 1 aromatic carbocycles. The van der Waals surface area contributed by atoms with Gasteiger partial charge in [0.25, 0.3) is 0 Å². The molecular formula is C25H30F2N4O2S. The molecule has 1 saturated heterocycles. The molecule has 0 spiro atoms. The molecule has 2 aliphatic heterocycles. The van der Waals surface area contributed by atoms with E-state index in [1.165, 1.54) is 29.5 Å². The SMILES string of the molecule is O=[S@]1CC(F)(F)c2nc(N3CCC(c4ccc5c(c4)CCC5)CC3)nc(NC3(CO)CCC3)c21. The highest BCUT2D eigenvalue weighted by Crippen LogP contribution is 2.45. The maximum atomic E-state index is 14.7. The molecule has 3 heterocycles. The van der Waals surface area contributed by atoms with Gasteiger partial charge in [-0.2, -0.15) is 13.8 Å². The maximum Gasteiger partial charge on any atom is 0.302 e. The Balaban J connectivity index is 1.26. The second-order valence-electron chi connectivity index (χ2n) is 10.3. The lowest BCUT2D eigenvalue weighted by molar-refractivity contribution is 0.0191. The van der Waals surface area contributed by atoms with Gasteiger partial charge in [0.05, 0.1) is 28.7 Å². The summed E-state index contributed by atoms with van der Waals surface area (Å²) in [6, 6.07) is 6.88. The van der Waals surface area contributed by atoms with E-state index >= 15 is 0 Å². The van der Waals surface area contributed by atoms with Crippen molar-refractivity contribution in [3.8, 4) is 0 Å². The van der Waals surface area contributed by atoms with Gasteiger partial charge in [0.1, 0.15) is 16.4 Å². The molecule has 1 aromatic heterocycles. The van der Waals surface area contributed by atoms with Crippen LogP contribution in [0.15, 0.2) is 23.1 Å². The van der Waals surface area contributed by atoms with Gasteiger partial charge in [0, 0.05) is 13.1 Å². The van der Waals surface area contributed by atoms with Crippen molar-refractivity contribution in [2.45, 2.75) is 73.6 Å². The van der Waals surface area contributed by atoms with Gasteiger partial charge in [-0.15, -0.1) is 0 Å². The summed E-state index contributed by atoms with van der Waals surface area (Å²) in [5.74, 6) is -3.11. The molecule has 2 fully saturated rings. The van der Waals surface area contributed by atoms with E-state index in [2.05, 4.69) is 33.5 Å². The van der Waals surface area contributed by atoms with Crippen LogP contribution in [0.4, 0.5) is 20.5 Å². The summed E-state index contributed by atoms with van der Waals surface area (Å²) in [5.41, 5.74) is 3.31. The molecule has 6 nitrogen and oxygen atoms in total. The van der Waals surface area contributed by atoms with Crippen LogP contribution in [-0.2, 0) is 29.6 Å². The molecule has 0 radical (unpaired) electrons. The highest BCUT2D eigenvalue weighted by atomic mass is 32.2. The summed E-state index contributed by atoms with van der Waals surface area (Å²) in [5, 5.41) is 13.1. The summed E-state index contributed by atoms with van der Waals surface area (Å²) in [6.07, 6.45) is 7.79. The highest BCUT2D eigenvalue weighted by Gasteiger charge is 2.49. The maximum absolute atomic E-state index is 14.7. The molecule has 0 amide bonds. The van der Waals surface area contributed by atoms with Crippen molar-refractivity contribution < 1.29 is 18.1 Å². The zero-order valence-electron chi connectivity index (χ0n) is 19.2. The average molecular weight is 489 g/mol. The zero-order chi connectivity index (χ0) is 23.5. The Morgan fingerprint density at radius 3 is 2.59 bits per heavy atom. The van der Waals surface area contributed by atoms with E-state index in [0.29, 0.717) is 19.0 Å². The number of hydrogen-bond donors (Lipinski definition) is 2. The molecule has 2 aliphatic carbocycles. The third-order valence-corrected chi connectivity index (χ3v) is 9.58. The fourth-order valence-electron chi connectivity index (χ4n) is 5.87. The second-order valence-corrected chi connectivity index (χ2v) is 11.7. The molecule has 2 N–H and O–H groups in total. The fourth-order valence-corrected chi connectivity index (χ4v) is 7.20. The number of alkyl halides is 2. The van der Waals surface area contributed by atoms with E-state index in [1.54, 1.807) is 0 Å². The smallest absolute Gasteiger partial charge is 0.302 e. The van der Waals surface area contributed by atoms with E-state index in [4.69, 9.17) is 0 Å². The molecule has 0 unspecified atom stereocenters. The fraction of sp³-hybridized carbons (Fsp3) is 0.600. The number of halogens is 2. The first-order valence-corrected chi connectivity index (χ1v) is 13.6. The van der Waals surface area contributed by atoms with Gasteiger partial charge >= 0.3 is 5.92 Å². The van der Waals surface area contributed by atoms with Gasteiger partial charge in [-0.1, -0.05) is 18.2 Å². The number of aliphatic hydroxyl groups excluding tert-OH is 1. The van der Waals surface area contributed by atoms with Crippen LogP contribution in [0.25, 0.3) is 0 Å². The molecule has 6 rings (SSSR count). The van der Waals surface area contributed by atoms with E-state index in [9.17, 15) is 18.1 Å². The minimum absolute atomic E-state index is 0.00139. The number of nitrogens with one attached hydrogen (secondary N) is 1. The van der Waals surface area contributed by atoms with E-state index in [0.717, 1.165) is 38.5 Å². The van der Waals surface area contributed by atoms with Gasteiger partial charge in [-0.3, -0.25) is 4.21 Å². The summed E-state index contributed by atoms with van der Waals surface area (Å²) < 4.78 is 42.1. The van der Waals surface area contributed by atoms with Crippen molar-refractivity contribution in [1.82, 2.24) is 9.97 Å². The number of hydrogen-bond acceptors (Lipinski definition) is 6. The van der Waals surface area contributed by atoms with Crippen molar-refractivity contribution >= 4 is 22.6 Å². The van der Waals surface area contributed by atoms with Crippen LogP contribution in [0.3, 0.4) is 0 Å². The molecule has 182 valence electrons. The molecular weight excluding hydrogens is 458 g/mol.